The van der Waals surface area contributed by atoms with Crippen molar-refractivity contribution in [3.8, 4) is 0 Å². The minimum absolute atomic E-state index is 0.0794. The summed E-state index contributed by atoms with van der Waals surface area (Å²) in [6.07, 6.45) is 5.02. The lowest BCUT2D eigenvalue weighted by molar-refractivity contribution is -0.130. The van der Waals surface area contributed by atoms with Crippen LogP contribution in [0.1, 0.15) is 24.0 Å². The molecular weight excluding hydrogens is 374 g/mol. The van der Waals surface area contributed by atoms with E-state index in [2.05, 4.69) is 4.98 Å². The van der Waals surface area contributed by atoms with E-state index in [9.17, 15) is 13.2 Å². The Morgan fingerprint density at radius 3 is 2.54 bits per heavy atom. The molecule has 0 bridgehead atoms. The van der Waals surface area contributed by atoms with Gasteiger partial charge in [-0.05, 0) is 36.0 Å². The molecule has 7 heteroatoms. The van der Waals surface area contributed by atoms with Crippen LogP contribution in [0.2, 0.25) is 0 Å². The summed E-state index contributed by atoms with van der Waals surface area (Å²) in [5.41, 5.74) is 1.90. The normalized spacial score (nSPS) is 24.5. The van der Waals surface area contributed by atoms with Crippen LogP contribution in [0, 0.1) is 5.92 Å². The summed E-state index contributed by atoms with van der Waals surface area (Å²) in [6.45, 7) is 2.04. The second-order valence-corrected chi connectivity index (χ2v) is 9.77. The predicted molar refractivity (Wildman–Crippen MR) is 107 cm³/mol. The van der Waals surface area contributed by atoms with Crippen molar-refractivity contribution in [3.63, 3.8) is 0 Å². The molecule has 0 spiro atoms. The molecule has 4 rings (SSSR count). The fourth-order valence-corrected chi connectivity index (χ4v) is 6.50. The molecule has 6 nitrogen and oxygen atoms in total. The van der Waals surface area contributed by atoms with Gasteiger partial charge in [-0.1, -0.05) is 36.4 Å². The van der Waals surface area contributed by atoms with E-state index < -0.39 is 15.3 Å². The van der Waals surface area contributed by atoms with Crippen molar-refractivity contribution in [2.45, 2.75) is 31.1 Å². The molecule has 3 heterocycles. The summed E-state index contributed by atoms with van der Waals surface area (Å²) in [5.74, 6) is 0.159. The Kier molecular flexibility index (Phi) is 5.46. The highest BCUT2D eigenvalue weighted by Gasteiger charge is 2.47. The van der Waals surface area contributed by atoms with Crippen molar-refractivity contribution in [3.05, 3.63) is 66.0 Å². The molecule has 0 radical (unpaired) electrons. The number of hydrogen-bond donors (Lipinski definition) is 0. The molecular formula is C21H25N3O3S. The van der Waals surface area contributed by atoms with Crippen LogP contribution >= 0.6 is 0 Å². The molecule has 28 heavy (non-hydrogen) atoms. The molecule has 0 saturated carbocycles. The van der Waals surface area contributed by atoms with Gasteiger partial charge < -0.3 is 4.90 Å². The highest BCUT2D eigenvalue weighted by molar-refractivity contribution is 7.90. The zero-order valence-electron chi connectivity index (χ0n) is 15.8. The molecule has 148 valence electrons. The SMILES string of the molecule is O=C(Cc1ccccc1)N1CC[C@H]2CN(Cc3cccnc3)S(=O)(=O)[C@@H]2CC1. The fourth-order valence-electron chi connectivity index (χ4n) is 4.28. The monoisotopic (exact) mass is 399 g/mol. The minimum Gasteiger partial charge on any atom is -0.342 e. The molecule has 2 fully saturated rings. The standard InChI is InChI=1S/C21H25N3O3S/c25-21(13-17-5-2-1-3-6-17)23-11-8-19-16-24(15-18-7-4-10-22-14-18)28(26,27)20(19)9-12-23/h1-7,10,14,19-20H,8-9,11-13,15-16H2/t19-,20+/m0/s1. The predicted octanol–water partition coefficient (Wildman–Crippen LogP) is 2.08. The smallest absolute Gasteiger partial charge is 0.226 e. The van der Waals surface area contributed by atoms with Crippen molar-refractivity contribution < 1.29 is 13.2 Å². The number of amides is 1. The molecule has 1 aromatic heterocycles. The first kappa shape index (κ1) is 19.1. The largest absolute Gasteiger partial charge is 0.342 e. The Bertz CT molecular complexity index is 918. The summed E-state index contributed by atoms with van der Waals surface area (Å²) < 4.78 is 27.7. The van der Waals surface area contributed by atoms with Gasteiger partial charge in [0.1, 0.15) is 0 Å². The number of carbonyl (C=O) groups is 1. The number of carbonyl (C=O) groups excluding carboxylic acids is 1. The molecule has 2 aromatic rings. The van der Waals surface area contributed by atoms with Crippen LogP contribution in [0.5, 0.6) is 0 Å². The number of hydrogen-bond acceptors (Lipinski definition) is 4. The van der Waals surface area contributed by atoms with Gasteiger partial charge in [0.15, 0.2) is 0 Å². The maximum absolute atomic E-state index is 13.1. The zero-order valence-corrected chi connectivity index (χ0v) is 16.6. The van der Waals surface area contributed by atoms with Crippen LogP contribution in [-0.4, -0.2) is 53.4 Å². The second kappa shape index (κ2) is 8.01. The highest BCUT2D eigenvalue weighted by Crippen LogP contribution is 2.35. The van der Waals surface area contributed by atoms with Crippen LogP contribution in [0.15, 0.2) is 54.9 Å². The van der Waals surface area contributed by atoms with E-state index in [1.54, 1.807) is 16.7 Å². The van der Waals surface area contributed by atoms with E-state index in [0.717, 1.165) is 17.5 Å². The Hall–Kier alpha value is -2.25. The topological polar surface area (TPSA) is 70.6 Å². The van der Waals surface area contributed by atoms with Gasteiger partial charge in [0.05, 0.1) is 11.7 Å². The van der Waals surface area contributed by atoms with Crippen molar-refractivity contribution in [1.29, 1.82) is 0 Å². The van der Waals surface area contributed by atoms with Crippen LogP contribution in [0.3, 0.4) is 0 Å². The van der Waals surface area contributed by atoms with Crippen molar-refractivity contribution in [2.24, 2.45) is 5.92 Å². The summed E-state index contributed by atoms with van der Waals surface area (Å²) in [7, 11) is -3.35. The third-order valence-corrected chi connectivity index (χ3v) is 8.18. The summed E-state index contributed by atoms with van der Waals surface area (Å²) >= 11 is 0. The van der Waals surface area contributed by atoms with Gasteiger partial charge in [-0.2, -0.15) is 4.31 Å². The molecule has 1 aromatic carbocycles. The van der Waals surface area contributed by atoms with Crippen LogP contribution < -0.4 is 0 Å². The van der Waals surface area contributed by atoms with E-state index in [-0.39, 0.29) is 11.8 Å². The van der Waals surface area contributed by atoms with E-state index in [4.69, 9.17) is 0 Å². The number of likely N-dealkylation sites (tertiary alicyclic amines) is 1. The average molecular weight is 400 g/mol. The number of benzene rings is 1. The van der Waals surface area contributed by atoms with Crippen molar-refractivity contribution in [2.75, 3.05) is 19.6 Å². The molecule has 1 amide bonds. The van der Waals surface area contributed by atoms with E-state index in [0.29, 0.717) is 39.0 Å². The van der Waals surface area contributed by atoms with Gasteiger partial charge in [0, 0.05) is 38.6 Å². The van der Waals surface area contributed by atoms with Gasteiger partial charge in [-0.3, -0.25) is 9.78 Å². The third kappa shape index (κ3) is 3.95. The molecule has 0 unspecified atom stereocenters. The minimum atomic E-state index is -3.35. The maximum atomic E-state index is 13.1. The number of sulfonamides is 1. The summed E-state index contributed by atoms with van der Waals surface area (Å²) in [5, 5.41) is -0.390. The van der Waals surface area contributed by atoms with Gasteiger partial charge in [0.2, 0.25) is 15.9 Å². The van der Waals surface area contributed by atoms with Gasteiger partial charge in [-0.15, -0.1) is 0 Å². The Morgan fingerprint density at radius 1 is 1.04 bits per heavy atom. The quantitative estimate of drug-likeness (QED) is 0.789. The van der Waals surface area contributed by atoms with E-state index in [1.807, 2.05) is 47.4 Å². The lowest BCUT2D eigenvalue weighted by Gasteiger charge is -2.22. The Balaban J connectivity index is 1.41. The van der Waals surface area contributed by atoms with E-state index in [1.165, 1.54) is 0 Å². The summed E-state index contributed by atoms with van der Waals surface area (Å²) in [6, 6.07) is 13.4. The van der Waals surface area contributed by atoms with Gasteiger partial charge >= 0.3 is 0 Å². The average Bonchev–Trinajstić information content (AvgIpc) is 2.84. The number of pyridine rings is 1. The lowest BCUT2D eigenvalue weighted by Crippen LogP contribution is -2.35. The third-order valence-electron chi connectivity index (χ3n) is 5.79. The Morgan fingerprint density at radius 2 is 1.79 bits per heavy atom. The second-order valence-electron chi connectivity index (χ2n) is 7.62. The highest BCUT2D eigenvalue weighted by atomic mass is 32.2. The number of aromatic nitrogens is 1. The van der Waals surface area contributed by atoms with Gasteiger partial charge in [-0.25, -0.2) is 8.42 Å². The Labute approximate surface area is 166 Å². The van der Waals surface area contributed by atoms with Crippen molar-refractivity contribution in [1.82, 2.24) is 14.2 Å². The lowest BCUT2D eigenvalue weighted by atomic mass is 10.0. The molecule has 2 atom stereocenters. The molecule has 0 aliphatic carbocycles. The summed E-state index contributed by atoms with van der Waals surface area (Å²) in [4.78, 5) is 18.6. The maximum Gasteiger partial charge on any atom is 0.226 e. The molecule has 2 aliphatic rings. The first-order valence-corrected chi connectivity index (χ1v) is 11.2. The van der Waals surface area contributed by atoms with Gasteiger partial charge in [0.25, 0.3) is 0 Å². The first-order valence-electron chi connectivity index (χ1n) is 9.73. The molecule has 2 saturated heterocycles. The number of rotatable bonds is 4. The first-order chi connectivity index (χ1) is 13.5. The number of fused-ring (bicyclic) bond motifs is 1. The van der Waals surface area contributed by atoms with Crippen LogP contribution in [-0.2, 0) is 27.8 Å². The zero-order chi connectivity index (χ0) is 19.6. The molecule has 2 aliphatic heterocycles. The van der Waals surface area contributed by atoms with Crippen LogP contribution in [0.25, 0.3) is 0 Å². The molecule has 0 N–H and O–H groups in total. The fraction of sp³-hybridized carbons (Fsp3) is 0.429. The number of nitrogens with zero attached hydrogens (tertiary/aromatic N) is 3. The van der Waals surface area contributed by atoms with E-state index >= 15 is 0 Å². The van der Waals surface area contributed by atoms with Crippen molar-refractivity contribution >= 4 is 15.9 Å². The van der Waals surface area contributed by atoms with Crippen LogP contribution in [0.4, 0.5) is 0 Å².